The molecule has 0 fully saturated rings. The molecule has 3 aromatic heterocycles. The zero-order valence-corrected chi connectivity index (χ0v) is 14.9. The van der Waals surface area contributed by atoms with Crippen molar-refractivity contribution < 1.29 is 4.74 Å². The summed E-state index contributed by atoms with van der Waals surface area (Å²) in [4.78, 5) is 17.5. The highest BCUT2D eigenvalue weighted by Gasteiger charge is 2.10. The Hall–Kier alpha value is -3.00. The van der Waals surface area contributed by atoms with Gasteiger partial charge in [-0.05, 0) is 30.2 Å². The van der Waals surface area contributed by atoms with E-state index in [0.717, 1.165) is 47.6 Å². The second-order valence-electron chi connectivity index (χ2n) is 5.68. The minimum absolute atomic E-state index is 0.453. The molecule has 3 aromatic rings. The molecular weight excluding hydrogens is 348 g/mol. The smallest absolute Gasteiger partial charge is 0.214 e. The lowest BCUT2D eigenvalue weighted by Gasteiger charge is -2.14. The van der Waals surface area contributed by atoms with Gasteiger partial charge < -0.3 is 15.4 Å². The van der Waals surface area contributed by atoms with Gasteiger partial charge in [0, 0.05) is 36.9 Å². The average molecular weight is 366 g/mol. The van der Waals surface area contributed by atoms with Crippen LogP contribution in [0.3, 0.4) is 0 Å². The van der Waals surface area contributed by atoms with Crippen molar-refractivity contribution >= 4 is 22.4 Å². The zero-order valence-electron chi connectivity index (χ0n) is 14.1. The number of hydrogen-bond donors (Lipinski definition) is 2. The normalized spacial score (nSPS) is 13.6. The third-order valence-electron chi connectivity index (χ3n) is 3.75. The van der Waals surface area contributed by atoms with Gasteiger partial charge in [0.15, 0.2) is 11.1 Å². The molecule has 4 heterocycles. The van der Waals surface area contributed by atoms with Gasteiger partial charge in [-0.1, -0.05) is 6.07 Å². The summed E-state index contributed by atoms with van der Waals surface area (Å²) in [7, 11) is 0. The quantitative estimate of drug-likeness (QED) is 0.722. The van der Waals surface area contributed by atoms with Crippen LogP contribution in [0.15, 0.2) is 53.1 Å². The Labute approximate surface area is 155 Å². The van der Waals surface area contributed by atoms with E-state index in [4.69, 9.17) is 4.74 Å². The van der Waals surface area contributed by atoms with Crippen molar-refractivity contribution in [3.63, 3.8) is 0 Å². The molecule has 8 heteroatoms. The number of guanidine groups is 1. The SMILES string of the molecule is c1cc(OCc2ccncc2)nc(-c2csc(NC3=NCCCN3)n2)c1. The van der Waals surface area contributed by atoms with E-state index in [1.165, 1.54) is 11.3 Å². The van der Waals surface area contributed by atoms with Gasteiger partial charge in [-0.2, -0.15) is 0 Å². The van der Waals surface area contributed by atoms with E-state index in [1.807, 2.05) is 35.7 Å². The maximum atomic E-state index is 5.77. The highest BCUT2D eigenvalue weighted by Crippen LogP contribution is 2.25. The summed E-state index contributed by atoms with van der Waals surface area (Å²) < 4.78 is 5.77. The molecule has 0 bridgehead atoms. The summed E-state index contributed by atoms with van der Waals surface area (Å²) in [5.41, 5.74) is 2.64. The molecule has 132 valence electrons. The van der Waals surface area contributed by atoms with Gasteiger partial charge in [0.2, 0.25) is 5.88 Å². The summed E-state index contributed by atoms with van der Waals surface area (Å²) in [6, 6.07) is 9.53. The van der Waals surface area contributed by atoms with E-state index in [1.54, 1.807) is 12.4 Å². The van der Waals surface area contributed by atoms with Crippen molar-refractivity contribution in [2.45, 2.75) is 13.0 Å². The van der Waals surface area contributed by atoms with Crippen LogP contribution < -0.4 is 15.4 Å². The number of thiazole rings is 1. The van der Waals surface area contributed by atoms with Crippen molar-refractivity contribution in [1.29, 1.82) is 0 Å². The third kappa shape index (κ3) is 4.15. The molecule has 0 atom stereocenters. The summed E-state index contributed by atoms with van der Waals surface area (Å²) >= 11 is 1.52. The number of pyridine rings is 2. The molecule has 4 rings (SSSR count). The number of hydrogen-bond acceptors (Lipinski definition) is 8. The summed E-state index contributed by atoms with van der Waals surface area (Å²) in [5, 5.41) is 9.20. The van der Waals surface area contributed by atoms with Crippen LogP contribution in [-0.2, 0) is 6.61 Å². The van der Waals surface area contributed by atoms with Crippen molar-refractivity contribution in [2.75, 3.05) is 18.4 Å². The monoisotopic (exact) mass is 366 g/mol. The van der Waals surface area contributed by atoms with Gasteiger partial charge in [0.05, 0.1) is 5.69 Å². The zero-order chi connectivity index (χ0) is 17.6. The van der Waals surface area contributed by atoms with E-state index in [-0.39, 0.29) is 0 Å². The van der Waals surface area contributed by atoms with E-state index < -0.39 is 0 Å². The maximum Gasteiger partial charge on any atom is 0.214 e. The van der Waals surface area contributed by atoms with Gasteiger partial charge in [-0.25, -0.2) is 9.97 Å². The second-order valence-corrected chi connectivity index (χ2v) is 6.54. The summed E-state index contributed by atoms with van der Waals surface area (Å²) in [5.74, 6) is 1.35. The number of ether oxygens (including phenoxy) is 1. The first kappa shape index (κ1) is 16.5. The number of aromatic nitrogens is 3. The highest BCUT2D eigenvalue weighted by atomic mass is 32.1. The predicted octanol–water partition coefficient (Wildman–Crippen LogP) is 2.94. The summed E-state index contributed by atoms with van der Waals surface area (Å²) in [6.45, 7) is 2.23. The van der Waals surface area contributed by atoms with Gasteiger partial charge >= 0.3 is 0 Å². The summed E-state index contributed by atoms with van der Waals surface area (Å²) in [6.07, 6.45) is 4.56. The Morgan fingerprint density at radius 2 is 2.04 bits per heavy atom. The lowest BCUT2D eigenvalue weighted by atomic mass is 10.3. The van der Waals surface area contributed by atoms with Crippen LogP contribution in [-0.4, -0.2) is 34.0 Å². The standard InChI is InChI=1S/C18H18N6OS/c1-3-14(22-16(4-1)25-11-13-5-9-19-10-6-13)15-12-26-18(23-15)24-17-20-7-2-8-21-17/h1,3-6,9-10,12H,2,7-8,11H2,(H2,20,21,23,24). The van der Waals surface area contributed by atoms with Crippen molar-refractivity contribution in [2.24, 2.45) is 4.99 Å². The molecule has 0 aromatic carbocycles. The molecule has 7 nitrogen and oxygen atoms in total. The van der Waals surface area contributed by atoms with Crippen LogP contribution in [0, 0.1) is 0 Å². The van der Waals surface area contributed by atoms with Crippen LogP contribution in [0.25, 0.3) is 11.4 Å². The topological polar surface area (TPSA) is 84.3 Å². The Morgan fingerprint density at radius 3 is 2.88 bits per heavy atom. The van der Waals surface area contributed by atoms with Crippen molar-refractivity contribution in [3.8, 4) is 17.3 Å². The Morgan fingerprint density at radius 1 is 1.12 bits per heavy atom. The molecule has 0 saturated heterocycles. The highest BCUT2D eigenvalue weighted by molar-refractivity contribution is 7.14. The molecule has 2 N–H and O–H groups in total. The molecule has 0 saturated carbocycles. The molecule has 26 heavy (non-hydrogen) atoms. The van der Waals surface area contributed by atoms with E-state index >= 15 is 0 Å². The lowest BCUT2D eigenvalue weighted by molar-refractivity contribution is 0.294. The van der Waals surface area contributed by atoms with Crippen LogP contribution in [0.4, 0.5) is 5.13 Å². The fourth-order valence-electron chi connectivity index (χ4n) is 2.44. The number of anilines is 1. The van der Waals surface area contributed by atoms with Crippen LogP contribution in [0.1, 0.15) is 12.0 Å². The molecule has 0 aliphatic carbocycles. The van der Waals surface area contributed by atoms with Gasteiger partial charge in [0.25, 0.3) is 0 Å². The second kappa shape index (κ2) is 7.92. The lowest BCUT2D eigenvalue weighted by Crippen LogP contribution is -2.35. The maximum absolute atomic E-state index is 5.77. The molecule has 1 aliphatic heterocycles. The Balaban J connectivity index is 1.43. The Kier molecular flexibility index (Phi) is 5.02. The third-order valence-corrected chi connectivity index (χ3v) is 4.51. The average Bonchev–Trinajstić information content (AvgIpc) is 3.17. The van der Waals surface area contributed by atoms with Gasteiger partial charge in [-0.3, -0.25) is 9.98 Å². The fraction of sp³-hybridized carbons (Fsp3) is 0.222. The van der Waals surface area contributed by atoms with E-state index in [2.05, 4.69) is 30.6 Å². The van der Waals surface area contributed by atoms with Crippen LogP contribution in [0.2, 0.25) is 0 Å². The molecule has 0 unspecified atom stereocenters. The molecule has 0 spiro atoms. The molecule has 0 radical (unpaired) electrons. The van der Waals surface area contributed by atoms with E-state index in [0.29, 0.717) is 12.5 Å². The molecule has 0 amide bonds. The first-order chi connectivity index (χ1) is 12.9. The van der Waals surface area contributed by atoms with Gasteiger partial charge in [-0.15, -0.1) is 11.3 Å². The van der Waals surface area contributed by atoms with Crippen LogP contribution >= 0.6 is 11.3 Å². The predicted molar refractivity (Wildman–Crippen MR) is 102 cm³/mol. The van der Waals surface area contributed by atoms with Crippen molar-refractivity contribution in [3.05, 3.63) is 53.7 Å². The van der Waals surface area contributed by atoms with Crippen molar-refractivity contribution in [1.82, 2.24) is 20.3 Å². The number of nitrogens with zero attached hydrogens (tertiary/aromatic N) is 4. The minimum atomic E-state index is 0.453. The van der Waals surface area contributed by atoms with E-state index in [9.17, 15) is 0 Å². The number of nitrogens with one attached hydrogen (secondary N) is 2. The van der Waals surface area contributed by atoms with Crippen LogP contribution in [0.5, 0.6) is 5.88 Å². The number of aliphatic imine (C=N–C) groups is 1. The molecule has 1 aliphatic rings. The largest absolute Gasteiger partial charge is 0.473 e. The first-order valence-corrected chi connectivity index (χ1v) is 9.25. The number of rotatable bonds is 5. The first-order valence-electron chi connectivity index (χ1n) is 8.37. The fourth-order valence-corrected chi connectivity index (χ4v) is 3.14. The molecular formula is C18H18N6OS. The minimum Gasteiger partial charge on any atom is -0.473 e. The Bertz CT molecular complexity index is 895. The van der Waals surface area contributed by atoms with Gasteiger partial charge in [0.1, 0.15) is 12.3 Å².